The summed E-state index contributed by atoms with van der Waals surface area (Å²) in [6, 6.07) is 13.5. The van der Waals surface area contributed by atoms with Crippen molar-refractivity contribution in [3.05, 3.63) is 70.8 Å². The Bertz CT molecular complexity index is 670. The van der Waals surface area contributed by atoms with Crippen molar-refractivity contribution in [3.63, 3.8) is 0 Å². The molecule has 2 aromatic rings. The van der Waals surface area contributed by atoms with Crippen molar-refractivity contribution in [3.8, 4) is 5.75 Å². The third-order valence-corrected chi connectivity index (χ3v) is 3.01. The van der Waals surface area contributed by atoms with Gasteiger partial charge in [0.1, 0.15) is 5.75 Å². The summed E-state index contributed by atoms with van der Waals surface area (Å²) in [5.41, 5.74) is 1.43. The summed E-state index contributed by atoms with van der Waals surface area (Å²) < 4.78 is 5.13. The van der Waals surface area contributed by atoms with E-state index in [0.717, 1.165) is 5.56 Å². The molecular weight excluding hydrogens is 288 g/mol. The quantitative estimate of drug-likeness (QED) is 0.368. The van der Waals surface area contributed by atoms with Gasteiger partial charge in [0.2, 0.25) is 0 Å². The van der Waals surface area contributed by atoms with Crippen LogP contribution in [0.5, 0.6) is 5.75 Å². The van der Waals surface area contributed by atoms with Crippen LogP contribution in [0.25, 0.3) is 6.08 Å². The van der Waals surface area contributed by atoms with Crippen molar-refractivity contribution in [2.24, 2.45) is 0 Å². The number of halogens is 1. The van der Waals surface area contributed by atoms with Crippen LogP contribution in [-0.4, -0.2) is 11.8 Å². The number of carbonyl (C=O) groups is 2. The average Bonchev–Trinajstić information content (AvgIpc) is 2.47. The van der Waals surface area contributed by atoms with E-state index in [-0.39, 0.29) is 5.78 Å². The lowest BCUT2D eigenvalue weighted by Crippen LogP contribution is -2.03. The van der Waals surface area contributed by atoms with E-state index in [1.807, 2.05) is 0 Å². The summed E-state index contributed by atoms with van der Waals surface area (Å²) in [5.74, 6) is -0.123. The summed E-state index contributed by atoms with van der Waals surface area (Å²) in [5, 5.41) is 0.639. The first-order valence-corrected chi connectivity index (χ1v) is 6.69. The lowest BCUT2D eigenvalue weighted by molar-refractivity contribution is -0.128. The molecular formula is C17H13ClO3. The highest BCUT2D eigenvalue weighted by Gasteiger charge is 2.02. The molecule has 3 nitrogen and oxygen atoms in total. The molecule has 4 heteroatoms. The molecule has 0 fully saturated rings. The minimum absolute atomic E-state index is 0.0319. The van der Waals surface area contributed by atoms with Gasteiger partial charge < -0.3 is 4.74 Å². The zero-order chi connectivity index (χ0) is 15.2. The standard InChI is InChI=1S/C17H13ClO3/c1-12(19)14-5-9-16(10-6-14)21-17(20)11-4-13-2-7-15(18)8-3-13/h2-11H,1H3/b11-4+. The van der Waals surface area contributed by atoms with Crippen LogP contribution in [-0.2, 0) is 4.79 Å². The largest absolute Gasteiger partial charge is 0.423 e. The Morgan fingerprint density at radius 3 is 2.19 bits per heavy atom. The molecule has 0 aliphatic carbocycles. The zero-order valence-corrected chi connectivity index (χ0v) is 12.1. The van der Waals surface area contributed by atoms with Crippen LogP contribution < -0.4 is 4.74 Å². The van der Waals surface area contributed by atoms with Crippen LogP contribution in [0.3, 0.4) is 0 Å². The number of ketones is 1. The summed E-state index contributed by atoms with van der Waals surface area (Å²) >= 11 is 5.78. The van der Waals surface area contributed by atoms with E-state index < -0.39 is 5.97 Å². The molecule has 0 saturated heterocycles. The summed E-state index contributed by atoms with van der Waals surface area (Å²) in [6.45, 7) is 1.48. The number of carbonyl (C=O) groups excluding carboxylic acids is 2. The molecule has 2 rings (SSSR count). The van der Waals surface area contributed by atoms with Crippen molar-refractivity contribution in [1.29, 1.82) is 0 Å². The van der Waals surface area contributed by atoms with Crippen LogP contribution in [0.15, 0.2) is 54.6 Å². The summed E-state index contributed by atoms with van der Waals surface area (Å²) in [7, 11) is 0. The van der Waals surface area contributed by atoms with Gasteiger partial charge in [-0.3, -0.25) is 4.79 Å². The maximum Gasteiger partial charge on any atom is 0.336 e. The molecule has 0 unspecified atom stereocenters. The Labute approximate surface area is 127 Å². The first kappa shape index (κ1) is 15.0. The maximum absolute atomic E-state index is 11.7. The molecule has 21 heavy (non-hydrogen) atoms. The second-order valence-electron chi connectivity index (χ2n) is 4.39. The van der Waals surface area contributed by atoms with Crippen LogP contribution in [0.1, 0.15) is 22.8 Å². The third kappa shape index (κ3) is 4.58. The molecule has 0 spiro atoms. The molecule has 0 aliphatic heterocycles. The minimum Gasteiger partial charge on any atom is -0.423 e. The zero-order valence-electron chi connectivity index (χ0n) is 11.4. The molecule has 0 bridgehead atoms. The Balaban J connectivity index is 1.98. The molecule has 0 N–H and O–H groups in total. The molecule has 0 aliphatic rings. The van der Waals surface area contributed by atoms with E-state index in [2.05, 4.69) is 0 Å². The van der Waals surface area contributed by atoms with Crippen molar-refractivity contribution >= 4 is 29.4 Å². The third-order valence-electron chi connectivity index (χ3n) is 2.76. The average molecular weight is 301 g/mol. The maximum atomic E-state index is 11.7. The van der Waals surface area contributed by atoms with Crippen molar-refractivity contribution in [2.75, 3.05) is 0 Å². The lowest BCUT2D eigenvalue weighted by Gasteiger charge is -2.02. The number of esters is 1. The number of benzene rings is 2. The molecule has 0 heterocycles. The summed E-state index contributed by atoms with van der Waals surface area (Å²) in [6.07, 6.45) is 2.98. The van der Waals surface area contributed by atoms with Crippen molar-refractivity contribution in [1.82, 2.24) is 0 Å². The Hall–Kier alpha value is -2.39. The van der Waals surface area contributed by atoms with E-state index in [9.17, 15) is 9.59 Å². The SMILES string of the molecule is CC(=O)c1ccc(OC(=O)/C=C/c2ccc(Cl)cc2)cc1. The van der Waals surface area contributed by atoms with Gasteiger partial charge in [-0.15, -0.1) is 0 Å². The van der Waals surface area contributed by atoms with Crippen LogP contribution in [0, 0.1) is 0 Å². The first-order valence-electron chi connectivity index (χ1n) is 6.31. The number of ether oxygens (including phenoxy) is 1. The molecule has 106 valence electrons. The lowest BCUT2D eigenvalue weighted by atomic mass is 10.1. The van der Waals surface area contributed by atoms with Gasteiger partial charge in [-0.2, -0.15) is 0 Å². The van der Waals surface area contributed by atoms with Crippen LogP contribution in [0.2, 0.25) is 5.02 Å². The van der Waals surface area contributed by atoms with Gasteiger partial charge in [0.05, 0.1) is 0 Å². The predicted octanol–water partition coefficient (Wildman–Crippen LogP) is 4.16. The number of hydrogen-bond donors (Lipinski definition) is 0. The Morgan fingerprint density at radius 1 is 1.00 bits per heavy atom. The first-order chi connectivity index (χ1) is 10.0. The van der Waals surface area contributed by atoms with E-state index in [0.29, 0.717) is 16.3 Å². The highest BCUT2D eigenvalue weighted by atomic mass is 35.5. The van der Waals surface area contributed by atoms with Gasteiger partial charge in [-0.25, -0.2) is 4.79 Å². The fraction of sp³-hybridized carbons (Fsp3) is 0.0588. The second-order valence-corrected chi connectivity index (χ2v) is 4.82. The normalized spacial score (nSPS) is 10.6. The molecule has 2 aromatic carbocycles. The van der Waals surface area contributed by atoms with Gasteiger partial charge in [0, 0.05) is 16.7 Å². The molecule has 0 atom stereocenters. The Kier molecular flexibility index (Phi) is 4.90. The van der Waals surface area contributed by atoms with Crippen LogP contribution in [0.4, 0.5) is 0 Å². The van der Waals surface area contributed by atoms with Gasteiger partial charge in [0.25, 0.3) is 0 Å². The van der Waals surface area contributed by atoms with Crippen molar-refractivity contribution in [2.45, 2.75) is 6.92 Å². The number of hydrogen-bond acceptors (Lipinski definition) is 3. The molecule has 0 aromatic heterocycles. The van der Waals surface area contributed by atoms with E-state index >= 15 is 0 Å². The van der Waals surface area contributed by atoms with Gasteiger partial charge in [-0.1, -0.05) is 23.7 Å². The number of rotatable bonds is 4. The van der Waals surface area contributed by atoms with Crippen LogP contribution >= 0.6 is 11.6 Å². The summed E-state index contributed by atoms with van der Waals surface area (Å²) in [4.78, 5) is 22.8. The highest BCUT2D eigenvalue weighted by molar-refractivity contribution is 6.30. The predicted molar refractivity (Wildman–Crippen MR) is 82.6 cm³/mol. The molecule has 0 saturated carbocycles. The number of Topliss-reactive ketones (excluding diaryl/α,β-unsaturated/α-hetero) is 1. The minimum atomic E-state index is -0.486. The Morgan fingerprint density at radius 2 is 1.62 bits per heavy atom. The monoisotopic (exact) mass is 300 g/mol. The highest BCUT2D eigenvalue weighted by Crippen LogP contribution is 2.14. The van der Waals surface area contributed by atoms with E-state index in [1.54, 1.807) is 54.6 Å². The topological polar surface area (TPSA) is 43.4 Å². The fourth-order valence-corrected chi connectivity index (χ4v) is 1.77. The fourth-order valence-electron chi connectivity index (χ4n) is 1.65. The van der Waals surface area contributed by atoms with Gasteiger partial charge in [0.15, 0.2) is 5.78 Å². The van der Waals surface area contributed by atoms with E-state index in [1.165, 1.54) is 13.0 Å². The van der Waals surface area contributed by atoms with Gasteiger partial charge in [-0.05, 0) is 55.0 Å². The van der Waals surface area contributed by atoms with Gasteiger partial charge >= 0.3 is 5.97 Å². The molecule has 0 amide bonds. The molecule has 0 radical (unpaired) electrons. The van der Waals surface area contributed by atoms with E-state index in [4.69, 9.17) is 16.3 Å². The smallest absolute Gasteiger partial charge is 0.336 e. The second kappa shape index (κ2) is 6.86. The van der Waals surface area contributed by atoms with Crippen molar-refractivity contribution < 1.29 is 14.3 Å².